The summed E-state index contributed by atoms with van der Waals surface area (Å²) in [5.74, 6) is -0.0716. The van der Waals surface area contributed by atoms with Crippen molar-refractivity contribution < 1.29 is 8.42 Å². The van der Waals surface area contributed by atoms with E-state index in [1.807, 2.05) is 0 Å². The highest BCUT2D eigenvalue weighted by molar-refractivity contribution is 7.89. The highest BCUT2D eigenvalue weighted by Gasteiger charge is 2.18. The molecule has 9 heteroatoms. The molecule has 1 heterocycles. The van der Waals surface area contributed by atoms with Crippen LogP contribution in [0.3, 0.4) is 0 Å². The molecule has 0 saturated heterocycles. The number of aromatic nitrogens is 2. The van der Waals surface area contributed by atoms with Crippen molar-refractivity contribution in [2.75, 3.05) is 30.7 Å². The van der Waals surface area contributed by atoms with Crippen LogP contribution < -0.4 is 10.9 Å². The quantitative estimate of drug-likeness (QED) is 0.765. The molecule has 0 aliphatic carbocycles. The van der Waals surface area contributed by atoms with E-state index in [9.17, 15) is 13.2 Å². The molecule has 108 valence electrons. The molecular weight excluding hydrogens is 292 g/mol. The van der Waals surface area contributed by atoms with Gasteiger partial charge in [-0.25, -0.2) is 17.8 Å². The third-order valence-electron chi connectivity index (χ3n) is 2.57. The molecule has 0 fully saturated rings. The molecule has 0 saturated carbocycles. The van der Waals surface area contributed by atoms with Crippen molar-refractivity contribution in [2.45, 2.75) is 13.8 Å². The van der Waals surface area contributed by atoms with Gasteiger partial charge in [0, 0.05) is 19.6 Å². The summed E-state index contributed by atoms with van der Waals surface area (Å²) in [6.07, 6.45) is 1.34. The molecule has 0 bridgehead atoms. The molecule has 1 aromatic heterocycles. The van der Waals surface area contributed by atoms with Gasteiger partial charge in [-0.2, -0.15) is 5.10 Å². The van der Waals surface area contributed by atoms with Gasteiger partial charge in [0.1, 0.15) is 5.02 Å². The molecule has 0 spiro atoms. The van der Waals surface area contributed by atoms with E-state index in [0.29, 0.717) is 18.8 Å². The molecule has 2 N–H and O–H groups in total. The summed E-state index contributed by atoms with van der Waals surface area (Å²) in [6.45, 7) is 4.60. The number of hydrogen-bond acceptors (Lipinski definition) is 5. The lowest BCUT2D eigenvalue weighted by Gasteiger charge is -2.18. The van der Waals surface area contributed by atoms with Crippen LogP contribution in [0.15, 0.2) is 11.0 Å². The standard InChI is InChI=1S/C10H17ClN4O3S/c1-3-15(4-2)19(17,18)6-5-12-8-7-13-14-10(16)9(8)11/h7H,3-6H2,1-2H3,(H2,12,14,16). The normalized spacial score (nSPS) is 11.8. The maximum Gasteiger partial charge on any atom is 0.285 e. The van der Waals surface area contributed by atoms with Crippen molar-refractivity contribution in [2.24, 2.45) is 0 Å². The zero-order chi connectivity index (χ0) is 14.5. The van der Waals surface area contributed by atoms with Crippen LogP contribution >= 0.6 is 11.6 Å². The Kier molecular flexibility index (Phi) is 5.77. The number of nitrogens with zero attached hydrogens (tertiary/aromatic N) is 2. The van der Waals surface area contributed by atoms with Gasteiger partial charge in [-0.1, -0.05) is 25.4 Å². The van der Waals surface area contributed by atoms with Gasteiger partial charge in [0.2, 0.25) is 10.0 Å². The molecule has 0 aromatic carbocycles. The Bertz CT molecular complexity index is 568. The van der Waals surface area contributed by atoms with Crippen LogP contribution in [0.25, 0.3) is 0 Å². The van der Waals surface area contributed by atoms with Crippen LogP contribution in [-0.2, 0) is 10.0 Å². The zero-order valence-electron chi connectivity index (χ0n) is 10.8. The minimum atomic E-state index is -3.29. The Morgan fingerprint density at radius 3 is 2.63 bits per heavy atom. The summed E-state index contributed by atoms with van der Waals surface area (Å²) in [6, 6.07) is 0. The first kappa shape index (κ1) is 15.9. The van der Waals surface area contributed by atoms with Crippen LogP contribution in [0, 0.1) is 0 Å². The summed E-state index contributed by atoms with van der Waals surface area (Å²) >= 11 is 5.75. The van der Waals surface area contributed by atoms with Crippen molar-refractivity contribution in [3.8, 4) is 0 Å². The Morgan fingerprint density at radius 1 is 1.42 bits per heavy atom. The lowest BCUT2D eigenvalue weighted by molar-refractivity contribution is 0.446. The van der Waals surface area contributed by atoms with Crippen LogP contribution in [0.4, 0.5) is 5.69 Å². The van der Waals surface area contributed by atoms with E-state index in [1.54, 1.807) is 13.8 Å². The molecule has 0 unspecified atom stereocenters. The van der Waals surface area contributed by atoms with E-state index < -0.39 is 15.6 Å². The Balaban J connectivity index is 2.64. The third-order valence-corrected chi connectivity index (χ3v) is 4.97. The van der Waals surface area contributed by atoms with E-state index in [1.165, 1.54) is 10.5 Å². The zero-order valence-corrected chi connectivity index (χ0v) is 12.4. The van der Waals surface area contributed by atoms with Gasteiger partial charge in [-0.05, 0) is 0 Å². The second kappa shape index (κ2) is 6.88. The Labute approximate surface area is 117 Å². The number of aromatic amines is 1. The van der Waals surface area contributed by atoms with Crippen molar-refractivity contribution in [3.05, 3.63) is 21.6 Å². The maximum atomic E-state index is 11.9. The SMILES string of the molecule is CCN(CC)S(=O)(=O)CCNc1cn[nH]c(=O)c1Cl. The largest absolute Gasteiger partial charge is 0.381 e. The fraction of sp³-hybridized carbons (Fsp3) is 0.600. The van der Waals surface area contributed by atoms with E-state index in [4.69, 9.17) is 11.6 Å². The van der Waals surface area contributed by atoms with E-state index in [0.717, 1.165) is 0 Å². The predicted octanol–water partition coefficient (Wildman–Crippen LogP) is 0.507. The molecule has 0 aliphatic heterocycles. The van der Waals surface area contributed by atoms with Gasteiger partial charge >= 0.3 is 0 Å². The first-order chi connectivity index (χ1) is 8.92. The Morgan fingerprint density at radius 2 is 2.05 bits per heavy atom. The number of anilines is 1. The van der Waals surface area contributed by atoms with Crippen LogP contribution in [0.1, 0.15) is 13.8 Å². The van der Waals surface area contributed by atoms with Gasteiger partial charge in [0.25, 0.3) is 5.56 Å². The summed E-state index contributed by atoms with van der Waals surface area (Å²) < 4.78 is 25.2. The molecule has 0 aliphatic rings. The first-order valence-corrected chi connectivity index (χ1v) is 7.86. The lowest BCUT2D eigenvalue weighted by atomic mass is 10.4. The highest BCUT2D eigenvalue weighted by Crippen LogP contribution is 2.14. The third kappa shape index (κ3) is 4.19. The smallest absolute Gasteiger partial charge is 0.285 e. The van der Waals surface area contributed by atoms with Crippen LogP contribution in [0.5, 0.6) is 0 Å². The molecule has 1 rings (SSSR count). The van der Waals surface area contributed by atoms with Crippen LogP contribution in [-0.4, -0.2) is 48.3 Å². The van der Waals surface area contributed by atoms with E-state index in [-0.39, 0.29) is 17.3 Å². The summed E-state index contributed by atoms with van der Waals surface area (Å²) in [7, 11) is -3.29. The molecule has 0 radical (unpaired) electrons. The van der Waals surface area contributed by atoms with Crippen molar-refractivity contribution in [1.29, 1.82) is 0 Å². The fourth-order valence-electron chi connectivity index (χ4n) is 1.57. The molecule has 7 nitrogen and oxygen atoms in total. The number of rotatable bonds is 7. The first-order valence-electron chi connectivity index (χ1n) is 5.87. The van der Waals surface area contributed by atoms with E-state index >= 15 is 0 Å². The summed E-state index contributed by atoms with van der Waals surface area (Å²) in [4.78, 5) is 11.2. The van der Waals surface area contributed by atoms with Crippen LogP contribution in [0.2, 0.25) is 5.02 Å². The van der Waals surface area contributed by atoms with Crippen molar-refractivity contribution in [3.63, 3.8) is 0 Å². The minimum absolute atomic E-state index is 0.0322. The fourth-order valence-corrected chi connectivity index (χ4v) is 3.13. The molecule has 19 heavy (non-hydrogen) atoms. The number of hydrogen-bond donors (Lipinski definition) is 2. The average molecular weight is 309 g/mol. The summed E-state index contributed by atoms with van der Waals surface area (Å²) in [5.41, 5.74) is -0.196. The number of halogens is 1. The minimum Gasteiger partial charge on any atom is -0.381 e. The Hall–Kier alpha value is -1.12. The topological polar surface area (TPSA) is 95.2 Å². The van der Waals surface area contributed by atoms with Gasteiger partial charge in [-0.15, -0.1) is 0 Å². The second-order valence-electron chi connectivity index (χ2n) is 3.75. The highest BCUT2D eigenvalue weighted by atomic mass is 35.5. The lowest BCUT2D eigenvalue weighted by Crippen LogP contribution is -2.34. The summed E-state index contributed by atoms with van der Waals surface area (Å²) in [5, 5.41) is 8.52. The van der Waals surface area contributed by atoms with Crippen molar-refractivity contribution >= 4 is 27.3 Å². The molecule has 1 aromatic rings. The number of nitrogens with one attached hydrogen (secondary N) is 2. The molecular formula is C10H17ClN4O3S. The number of sulfonamides is 1. The van der Waals surface area contributed by atoms with Gasteiger partial charge in [0.05, 0.1) is 17.6 Å². The van der Waals surface area contributed by atoms with E-state index in [2.05, 4.69) is 15.5 Å². The molecule has 0 amide bonds. The molecule has 0 atom stereocenters. The van der Waals surface area contributed by atoms with Gasteiger partial charge < -0.3 is 5.32 Å². The number of H-pyrrole nitrogens is 1. The second-order valence-corrected chi connectivity index (χ2v) is 6.22. The monoisotopic (exact) mass is 308 g/mol. The maximum absolute atomic E-state index is 11.9. The average Bonchev–Trinajstić information content (AvgIpc) is 2.35. The van der Waals surface area contributed by atoms with Gasteiger partial charge in [0.15, 0.2) is 0 Å². The predicted molar refractivity (Wildman–Crippen MR) is 75.1 cm³/mol. The van der Waals surface area contributed by atoms with Gasteiger partial charge in [-0.3, -0.25) is 4.79 Å². The van der Waals surface area contributed by atoms with Crippen molar-refractivity contribution in [1.82, 2.24) is 14.5 Å².